The third kappa shape index (κ3) is 5.25. The molecule has 0 spiro atoms. The standard InChI is InChI=1S/C23H27N3OS3/c1-2-3-4-5-6-9-14-29-22-25-18-13-12-17(15-21(18)30-22)24-16-26-19-10-7-8-11-20(19)27-23(26)28/h7-8,10-13,15,24H,2-6,9,14,16H2,1H3. The lowest BCUT2D eigenvalue weighted by molar-refractivity contribution is 0.546. The molecule has 2 aromatic heterocycles. The van der Waals surface area contributed by atoms with E-state index in [1.54, 1.807) is 11.3 Å². The molecule has 158 valence electrons. The van der Waals surface area contributed by atoms with Crippen LogP contribution >= 0.6 is 35.3 Å². The van der Waals surface area contributed by atoms with Crippen molar-refractivity contribution in [2.75, 3.05) is 11.1 Å². The first-order valence-corrected chi connectivity index (χ1v) is 12.8. The molecule has 2 heterocycles. The summed E-state index contributed by atoms with van der Waals surface area (Å²) in [6.45, 7) is 2.83. The average molecular weight is 458 g/mol. The summed E-state index contributed by atoms with van der Waals surface area (Å²) in [6.07, 6.45) is 8.01. The molecule has 0 unspecified atom stereocenters. The van der Waals surface area contributed by atoms with Crippen LogP contribution in [-0.2, 0) is 6.67 Å². The maximum absolute atomic E-state index is 5.66. The Balaban J connectivity index is 1.34. The number of benzene rings is 2. The number of para-hydroxylation sites is 2. The predicted octanol–water partition coefficient (Wildman–Crippen LogP) is 8.10. The quantitative estimate of drug-likeness (QED) is 0.140. The van der Waals surface area contributed by atoms with Crippen LogP contribution in [0.1, 0.15) is 45.4 Å². The number of rotatable bonds is 11. The molecule has 0 fully saturated rings. The van der Waals surface area contributed by atoms with Gasteiger partial charge in [-0.2, -0.15) is 0 Å². The molecule has 0 saturated heterocycles. The van der Waals surface area contributed by atoms with Crippen LogP contribution in [0.25, 0.3) is 21.3 Å². The molecule has 30 heavy (non-hydrogen) atoms. The first-order valence-electron chi connectivity index (χ1n) is 10.6. The fourth-order valence-electron chi connectivity index (χ4n) is 3.45. The normalized spacial score (nSPS) is 11.5. The number of oxazole rings is 1. The van der Waals surface area contributed by atoms with Crippen molar-refractivity contribution in [1.82, 2.24) is 9.55 Å². The second kappa shape index (κ2) is 10.5. The Labute approximate surface area is 190 Å². The number of hydrogen-bond donors (Lipinski definition) is 1. The largest absolute Gasteiger partial charge is 0.429 e. The van der Waals surface area contributed by atoms with E-state index in [-0.39, 0.29) is 0 Å². The van der Waals surface area contributed by atoms with Gasteiger partial charge in [0.2, 0.25) is 0 Å². The van der Waals surface area contributed by atoms with E-state index < -0.39 is 0 Å². The van der Waals surface area contributed by atoms with E-state index in [0.717, 1.165) is 28.1 Å². The zero-order chi connectivity index (χ0) is 20.8. The van der Waals surface area contributed by atoms with Crippen molar-refractivity contribution < 1.29 is 4.42 Å². The zero-order valence-electron chi connectivity index (χ0n) is 17.2. The Morgan fingerprint density at radius 2 is 1.93 bits per heavy atom. The highest BCUT2D eigenvalue weighted by molar-refractivity contribution is 8.01. The third-order valence-electron chi connectivity index (χ3n) is 5.11. The fraction of sp³-hybridized carbons (Fsp3) is 0.391. The molecule has 2 aromatic carbocycles. The first kappa shape index (κ1) is 21.4. The fourth-order valence-corrected chi connectivity index (χ4v) is 5.88. The molecular formula is C23H27N3OS3. The molecule has 0 aliphatic heterocycles. The van der Waals surface area contributed by atoms with Gasteiger partial charge in [0, 0.05) is 11.4 Å². The van der Waals surface area contributed by atoms with Crippen molar-refractivity contribution in [3.63, 3.8) is 0 Å². The Kier molecular flexibility index (Phi) is 7.47. The van der Waals surface area contributed by atoms with Crippen LogP contribution in [-0.4, -0.2) is 15.3 Å². The molecule has 7 heteroatoms. The smallest absolute Gasteiger partial charge is 0.271 e. The van der Waals surface area contributed by atoms with E-state index in [4.69, 9.17) is 21.6 Å². The summed E-state index contributed by atoms with van der Waals surface area (Å²) in [5.41, 5.74) is 3.95. The van der Waals surface area contributed by atoms with Crippen LogP contribution in [0, 0.1) is 4.84 Å². The van der Waals surface area contributed by atoms with Gasteiger partial charge in [-0.15, -0.1) is 11.3 Å². The van der Waals surface area contributed by atoms with Gasteiger partial charge in [0.25, 0.3) is 4.84 Å². The highest BCUT2D eigenvalue weighted by Crippen LogP contribution is 2.32. The van der Waals surface area contributed by atoms with Gasteiger partial charge in [0.05, 0.1) is 22.4 Å². The highest BCUT2D eigenvalue weighted by Gasteiger charge is 2.08. The summed E-state index contributed by atoms with van der Waals surface area (Å²) in [6, 6.07) is 14.3. The molecule has 4 nitrogen and oxygen atoms in total. The Hall–Kier alpha value is -1.83. The second-order valence-electron chi connectivity index (χ2n) is 7.38. The van der Waals surface area contributed by atoms with Crippen molar-refractivity contribution in [1.29, 1.82) is 0 Å². The Morgan fingerprint density at radius 1 is 1.10 bits per heavy atom. The van der Waals surface area contributed by atoms with Gasteiger partial charge in [-0.3, -0.25) is 4.57 Å². The maximum Gasteiger partial charge on any atom is 0.271 e. The van der Waals surface area contributed by atoms with Crippen molar-refractivity contribution in [3.05, 3.63) is 47.3 Å². The molecule has 0 aliphatic rings. The molecular weight excluding hydrogens is 430 g/mol. The molecule has 0 atom stereocenters. The molecule has 4 aromatic rings. The van der Waals surface area contributed by atoms with Crippen molar-refractivity contribution in [3.8, 4) is 0 Å². The molecule has 0 amide bonds. The van der Waals surface area contributed by atoms with E-state index in [1.807, 2.05) is 40.6 Å². The lowest BCUT2D eigenvalue weighted by Gasteiger charge is -2.07. The number of hydrogen-bond acceptors (Lipinski definition) is 6. The van der Waals surface area contributed by atoms with Crippen LogP contribution < -0.4 is 5.32 Å². The van der Waals surface area contributed by atoms with Gasteiger partial charge in [-0.25, -0.2) is 4.98 Å². The molecule has 0 saturated carbocycles. The lowest BCUT2D eigenvalue weighted by Crippen LogP contribution is -2.07. The summed E-state index contributed by atoms with van der Waals surface area (Å²) in [5, 5.41) is 3.47. The molecule has 1 N–H and O–H groups in total. The minimum atomic E-state index is 0.482. The molecule has 0 aliphatic carbocycles. The van der Waals surface area contributed by atoms with Crippen LogP contribution in [0.2, 0.25) is 0 Å². The van der Waals surface area contributed by atoms with Crippen molar-refractivity contribution in [2.45, 2.75) is 56.5 Å². The number of aromatic nitrogens is 2. The minimum Gasteiger partial charge on any atom is -0.429 e. The average Bonchev–Trinajstić information content (AvgIpc) is 3.30. The van der Waals surface area contributed by atoms with Gasteiger partial charge < -0.3 is 9.73 Å². The van der Waals surface area contributed by atoms with Crippen LogP contribution in [0.5, 0.6) is 0 Å². The van der Waals surface area contributed by atoms with Crippen LogP contribution in [0.15, 0.2) is 51.2 Å². The van der Waals surface area contributed by atoms with Gasteiger partial charge >= 0.3 is 0 Å². The Bertz CT molecular complexity index is 1160. The number of nitrogens with zero attached hydrogens (tertiary/aromatic N) is 2. The number of thiazole rings is 1. The molecule has 0 radical (unpaired) electrons. The summed E-state index contributed by atoms with van der Waals surface area (Å²) in [4.78, 5) is 5.27. The predicted molar refractivity (Wildman–Crippen MR) is 132 cm³/mol. The number of thioether (sulfide) groups is 1. The number of nitrogens with one attached hydrogen (secondary N) is 1. The van der Waals surface area contributed by atoms with Crippen molar-refractivity contribution in [2.24, 2.45) is 0 Å². The Morgan fingerprint density at radius 3 is 2.83 bits per heavy atom. The molecule has 4 rings (SSSR count). The van der Waals surface area contributed by atoms with Crippen molar-refractivity contribution >= 4 is 62.3 Å². The maximum atomic E-state index is 5.66. The lowest BCUT2D eigenvalue weighted by atomic mass is 10.1. The van der Waals surface area contributed by atoms with E-state index in [1.165, 1.54) is 47.6 Å². The number of unbranched alkanes of at least 4 members (excludes halogenated alkanes) is 5. The van der Waals surface area contributed by atoms with Gasteiger partial charge in [-0.05, 0) is 49.0 Å². The van der Waals surface area contributed by atoms with Gasteiger partial charge in [-0.1, -0.05) is 62.9 Å². The van der Waals surface area contributed by atoms with Crippen LogP contribution in [0.4, 0.5) is 5.69 Å². The van der Waals surface area contributed by atoms with Crippen LogP contribution in [0.3, 0.4) is 0 Å². The zero-order valence-corrected chi connectivity index (χ0v) is 19.7. The van der Waals surface area contributed by atoms with Gasteiger partial charge in [0.1, 0.15) is 0 Å². The van der Waals surface area contributed by atoms with E-state index >= 15 is 0 Å². The summed E-state index contributed by atoms with van der Waals surface area (Å²) < 4.78 is 10.0. The third-order valence-corrected chi connectivity index (χ3v) is 7.66. The summed E-state index contributed by atoms with van der Waals surface area (Å²) >= 11 is 9.04. The molecule has 0 bridgehead atoms. The highest BCUT2D eigenvalue weighted by atomic mass is 32.2. The van der Waals surface area contributed by atoms with E-state index in [2.05, 4.69) is 30.4 Å². The van der Waals surface area contributed by atoms with E-state index in [0.29, 0.717) is 11.5 Å². The minimum absolute atomic E-state index is 0.482. The van der Waals surface area contributed by atoms with E-state index in [9.17, 15) is 0 Å². The SMILES string of the molecule is CCCCCCCCSc1nc2ccc(NCn3c(=S)oc4ccccc43)cc2s1. The number of anilines is 1. The monoisotopic (exact) mass is 457 g/mol. The number of fused-ring (bicyclic) bond motifs is 2. The van der Waals surface area contributed by atoms with Gasteiger partial charge in [0.15, 0.2) is 9.92 Å². The summed E-state index contributed by atoms with van der Waals surface area (Å²) in [5.74, 6) is 1.16. The second-order valence-corrected chi connectivity index (χ2v) is 10.1. The first-order chi connectivity index (χ1) is 14.7. The summed E-state index contributed by atoms with van der Waals surface area (Å²) in [7, 11) is 0. The topological polar surface area (TPSA) is 43.0 Å².